The standard InChI is InChI=1S/C16H20N2O2/c1-16(2)8-12-14(13(19)9-16)15(18-17-12)10-4-6-11(20-3)7-5-10/h4-7,12,14,17H,8-9H2,1-3H3/t12-,14-/m0/s1. The van der Waals surface area contributed by atoms with Gasteiger partial charge in [-0.15, -0.1) is 0 Å². The second kappa shape index (κ2) is 4.62. The lowest BCUT2D eigenvalue weighted by Crippen LogP contribution is -2.45. The molecule has 1 aliphatic heterocycles. The number of nitrogens with zero attached hydrogens (tertiary/aromatic N) is 1. The second-order valence-corrected chi connectivity index (χ2v) is 6.45. The molecule has 1 aliphatic carbocycles. The molecule has 0 bridgehead atoms. The number of Topliss-reactive ketones (excluding diaryl/α,β-unsaturated/α-hetero) is 1. The average Bonchev–Trinajstić information content (AvgIpc) is 2.81. The minimum Gasteiger partial charge on any atom is -0.497 e. The highest BCUT2D eigenvalue weighted by Crippen LogP contribution is 2.39. The molecule has 20 heavy (non-hydrogen) atoms. The van der Waals surface area contributed by atoms with E-state index in [-0.39, 0.29) is 17.4 Å². The molecule has 106 valence electrons. The van der Waals surface area contributed by atoms with Crippen molar-refractivity contribution in [3.05, 3.63) is 29.8 Å². The van der Waals surface area contributed by atoms with E-state index in [1.54, 1.807) is 7.11 Å². The number of carbonyl (C=O) groups excluding carboxylic acids is 1. The number of nitrogens with one attached hydrogen (secondary N) is 1. The van der Waals surface area contributed by atoms with Gasteiger partial charge >= 0.3 is 0 Å². The molecule has 1 saturated carbocycles. The summed E-state index contributed by atoms with van der Waals surface area (Å²) in [6, 6.07) is 7.89. The summed E-state index contributed by atoms with van der Waals surface area (Å²) >= 11 is 0. The lowest BCUT2D eigenvalue weighted by molar-refractivity contribution is -0.126. The Labute approximate surface area is 119 Å². The van der Waals surface area contributed by atoms with Gasteiger partial charge < -0.3 is 10.2 Å². The Balaban J connectivity index is 1.87. The van der Waals surface area contributed by atoms with Gasteiger partial charge in [-0.05, 0) is 41.7 Å². The highest BCUT2D eigenvalue weighted by molar-refractivity contribution is 6.15. The maximum atomic E-state index is 12.5. The lowest BCUT2D eigenvalue weighted by atomic mass is 9.68. The molecule has 3 rings (SSSR count). The van der Waals surface area contributed by atoms with E-state index in [4.69, 9.17) is 4.74 Å². The lowest BCUT2D eigenvalue weighted by Gasteiger charge is -2.36. The molecule has 0 aromatic heterocycles. The number of hydrogen-bond acceptors (Lipinski definition) is 4. The number of fused-ring (bicyclic) bond motifs is 1. The van der Waals surface area contributed by atoms with E-state index in [1.807, 2.05) is 24.3 Å². The number of benzene rings is 1. The predicted octanol–water partition coefficient (Wildman–Crippen LogP) is 2.38. The normalized spacial score (nSPS) is 27.6. The van der Waals surface area contributed by atoms with Crippen LogP contribution < -0.4 is 10.2 Å². The molecule has 1 aromatic rings. The highest BCUT2D eigenvalue weighted by atomic mass is 16.5. The van der Waals surface area contributed by atoms with Crippen molar-refractivity contribution in [2.45, 2.75) is 32.7 Å². The molecule has 4 heteroatoms. The quantitative estimate of drug-likeness (QED) is 0.899. The summed E-state index contributed by atoms with van der Waals surface area (Å²) in [5.74, 6) is 1.01. The van der Waals surface area contributed by atoms with Gasteiger partial charge in [-0.2, -0.15) is 5.10 Å². The third kappa shape index (κ3) is 2.19. The molecule has 0 amide bonds. The van der Waals surface area contributed by atoms with Crippen LogP contribution in [0.3, 0.4) is 0 Å². The van der Waals surface area contributed by atoms with E-state index in [9.17, 15) is 4.79 Å². The van der Waals surface area contributed by atoms with Crippen molar-refractivity contribution >= 4 is 11.5 Å². The Morgan fingerprint density at radius 1 is 1.30 bits per heavy atom. The summed E-state index contributed by atoms with van der Waals surface area (Å²) in [6.07, 6.45) is 1.61. The maximum absolute atomic E-state index is 12.5. The summed E-state index contributed by atoms with van der Waals surface area (Å²) in [4.78, 5) is 12.5. The van der Waals surface area contributed by atoms with Crippen molar-refractivity contribution in [1.82, 2.24) is 5.43 Å². The second-order valence-electron chi connectivity index (χ2n) is 6.45. The summed E-state index contributed by atoms with van der Waals surface area (Å²) in [5, 5.41) is 4.43. The molecular weight excluding hydrogens is 252 g/mol. The van der Waals surface area contributed by atoms with Gasteiger partial charge in [-0.1, -0.05) is 13.8 Å². The van der Waals surface area contributed by atoms with Gasteiger partial charge in [0.15, 0.2) is 0 Å². The Morgan fingerprint density at radius 2 is 2.00 bits per heavy atom. The van der Waals surface area contributed by atoms with Crippen LogP contribution in [0.1, 0.15) is 32.3 Å². The zero-order chi connectivity index (χ0) is 14.3. The van der Waals surface area contributed by atoms with Gasteiger partial charge in [0.1, 0.15) is 11.5 Å². The van der Waals surface area contributed by atoms with Gasteiger partial charge in [0.25, 0.3) is 0 Å². The summed E-state index contributed by atoms with van der Waals surface area (Å²) in [7, 11) is 1.65. The molecule has 0 unspecified atom stereocenters. The smallest absolute Gasteiger partial charge is 0.144 e. The van der Waals surface area contributed by atoms with Crippen LogP contribution in [0.25, 0.3) is 0 Å². The minimum absolute atomic E-state index is 0.0656. The summed E-state index contributed by atoms with van der Waals surface area (Å²) in [6.45, 7) is 4.29. The number of rotatable bonds is 2. The van der Waals surface area contributed by atoms with Gasteiger partial charge in [-0.3, -0.25) is 4.79 Å². The third-order valence-corrected chi connectivity index (χ3v) is 4.21. The average molecular weight is 272 g/mol. The molecule has 0 saturated heterocycles. The Hall–Kier alpha value is -1.84. The molecule has 2 atom stereocenters. The van der Waals surface area contributed by atoms with Gasteiger partial charge in [0.2, 0.25) is 0 Å². The monoisotopic (exact) mass is 272 g/mol. The zero-order valence-corrected chi connectivity index (χ0v) is 12.1. The van der Waals surface area contributed by atoms with E-state index in [0.29, 0.717) is 12.2 Å². The van der Waals surface area contributed by atoms with Crippen molar-refractivity contribution < 1.29 is 9.53 Å². The fraction of sp³-hybridized carbons (Fsp3) is 0.500. The zero-order valence-electron chi connectivity index (χ0n) is 12.1. The first-order chi connectivity index (χ1) is 9.50. The molecule has 4 nitrogen and oxygen atoms in total. The maximum Gasteiger partial charge on any atom is 0.144 e. The molecule has 2 aliphatic rings. The Bertz CT molecular complexity index is 560. The summed E-state index contributed by atoms with van der Waals surface area (Å²) in [5.41, 5.74) is 5.10. The molecule has 1 N–H and O–H groups in total. The van der Waals surface area contributed by atoms with Gasteiger partial charge in [0.05, 0.1) is 24.8 Å². The first kappa shape index (κ1) is 13.2. The van der Waals surface area contributed by atoms with Crippen LogP contribution in [0.15, 0.2) is 29.4 Å². The number of ether oxygens (including phenoxy) is 1. The number of hydrazone groups is 1. The third-order valence-electron chi connectivity index (χ3n) is 4.21. The number of ketones is 1. The Kier molecular flexibility index (Phi) is 3.04. The molecule has 1 heterocycles. The topological polar surface area (TPSA) is 50.7 Å². The number of methoxy groups -OCH3 is 1. The van der Waals surface area contributed by atoms with Gasteiger partial charge in [0, 0.05) is 6.42 Å². The van der Waals surface area contributed by atoms with Crippen molar-refractivity contribution in [3.8, 4) is 5.75 Å². The minimum atomic E-state index is -0.101. The number of carbonyl (C=O) groups is 1. The van der Waals surface area contributed by atoms with Crippen molar-refractivity contribution in [3.63, 3.8) is 0 Å². The van der Waals surface area contributed by atoms with E-state index in [0.717, 1.165) is 23.4 Å². The molecule has 0 radical (unpaired) electrons. The predicted molar refractivity (Wildman–Crippen MR) is 78.0 cm³/mol. The number of hydrogen-bond donors (Lipinski definition) is 1. The first-order valence-corrected chi connectivity index (χ1v) is 7.00. The van der Waals surface area contributed by atoms with E-state index in [2.05, 4.69) is 24.4 Å². The van der Waals surface area contributed by atoms with Crippen LogP contribution in [0, 0.1) is 11.3 Å². The fourth-order valence-corrected chi connectivity index (χ4v) is 3.28. The van der Waals surface area contributed by atoms with E-state index < -0.39 is 0 Å². The van der Waals surface area contributed by atoms with Crippen LogP contribution in [-0.4, -0.2) is 24.6 Å². The summed E-state index contributed by atoms with van der Waals surface area (Å²) < 4.78 is 5.16. The molecule has 0 spiro atoms. The van der Waals surface area contributed by atoms with Crippen LogP contribution in [0.5, 0.6) is 5.75 Å². The van der Waals surface area contributed by atoms with Crippen LogP contribution in [-0.2, 0) is 4.79 Å². The highest BCUT2D eigenvalue weighted by Gasteiger charge is 2.46. The van der Waals surface area contributed by atoms with Crippen molar-refractivity contribution in [2.24, 2.45) is 16.4 Å². The largest absolute Gasteiger partial charge is 0.497 e. The van der Waals surface area contributed by atoms with Crippen LogP contribution in [0.2, 0.25) is 0 Å². The first-order valence-electron chi connectivity index (χ1n) is 7.00. The molecular formula is C16H20N2O2. The van der Waals surface area contributed by atoms with Crippen molar-refractivity contribution in [1.29, 1.82) is 0 Å². The van der Waals surface area contributed by atoms with E-state index in [1.165, 1.54) is 0 Å². The van der Waals surface area contributed by atoms with Crippen LogP contribution >= 0.6 is 0 Å². The molecule has 1 fully saturated rings. The molecule has 1 aromatic carbocycles. The SMILES string of the molecule is COc1ccc(C2=NN[C@H]3CC(C)(C)CC(=O)[C@@H]23)cc1. The van der Waals surface area contributed by atoms with Crippen LogP contribution in [0.4, 0.5) is 0 Å². The van der Waals surface area contributed by atoms with E-state index >= 15 is 0 Å². The fourth-order valence-electron chi connectivity index (χ4n) is 3.28. The van der Waals surface area contributed by atoms with Crippen molar-refractivity contribution in [2.75, 3.05) is 7.11 Å². The van der Waals surface area contributed by atoms with Gasteiger partial charge in [-0.25, -0.2) is 0 Å². The Morgan fingerprint density at radius 3 is 2.65 bits per heavy atom.